The normalized spacial score (nSPS) is 10.2. The van der Waals surface area contributed by atoms with E-state index in [0.29, 0.717) is 10.8 Å². The van der Waals surface area contributed by atoms with Crippen molar-refractivity contribution in [2.75, 3.05) is 6.54 Å². The van der Waals surface area contributed by atoms with E-state index in [-0.39, 0.29) is 0 Å². The van der Waals surface area contributed by atoms with Gasteiger partial charge in [-0.25, -0.2) is 0 Å². The van der Waals surface area contributed by atoms with E-state index in [1.165, 1.54) is 0 Å². The van der Waals surface area contributed by atoms with E-state index in [2.05, 4.69) is 11.8 Å². The summed E-state index contributed by atoms with van der Waals surface area (Å²) < 4.78 is 5.57. The second-order valence-electron chi connectivity index (χ2n) is 3.84. The molecule has 3 heteroatoms. The van der Waals surface area contributed by atoms with Crippen LogP contribution in [0.3, 0.4) is 0 Å². The van der Waals surface area contributed by atoms with Crippen molar-refractivity contribution in [2.24, 2.45) is 5.73 Å². The summed E-state index contributed by atoms with van der Waals surface area (Å²) in [5.74, 6) is 6.78. The van der Waals surface area contributed by atoms with E-state index in [0.717, 1.165) is 36.8 Å². The topological polar surface area (TPSA) is 39.2 Å². The molecule has 0 aliphatic heterocycles. The first-order chi connectivity index (χ1) is 8.29. The van der Waals surface area contributed by atoms with Crippen LogP contribution in [-0.4, -0.2) is 6.54 Å². The van der Waals surface area contributed by atoms with Gasteiger partial charge in [-0.05, 0) is 43.5 Å². The molecule has 1 aromatic carbocycles. The van der Waals surface area contributed by atoms with E-state index in [4.69, 9.17) is 21.8 Å². The Hall–Kier alpha value is -1.43. The van der Waals surface area contributed by atoms with Crippen LogP contribution < -0.4 is 5.73 Å². The molecule has 0 saturated carbocycles. The predicted molar refractivity (Wildman–Crippen MR) is 71.0 cm³/mol. The van der Waals surface area contributed by atoms with Gasteiger partial charge in [0.05, 0.1) is 0 Å². The molecule has 17 heavy (non-hydrogen) atoms. The summed E-state index contributed by atoms with van der Waals surface area (Å²) in [6, 6.07) is 7.46. The van der Waals surface area contributed by atoms with Gasteiger partial charge in [0.1, 0.15) is 5.58 Å². The smallest absolute Gasteiger partial charge is 0.178 e. The van der Waals surface area contributed by atoms with Crippen LogP contribution in [0.4, 0.5) is 0 Å². The number of benzene rings is 1. The van der Waals surface area contributed by atoms with Crippen LogP contribution in [0, 0.1) is 11.8 Å². The first-order valence-electron chi connectivity index (χ1n) is 5.67. The number of fused-ring (bicyclic) bond motifs is 1. The first-order valence-corrected chi connectivity index (χ1v) is 6.05. The molecular weight excluding hydrogens is 234 g/mol. The van der Waals surface area contributed by atoms with Crippen molar-refractivity contribution in [3.8, 4) is 11.8 Å². The fraction of sp³-hybridized carbons (Fsp3) is 0.286. The number of unbranched alkanes of at least 4 members (excludes halogenated alkanes) is 2. The molecule has 1 aromatic heterocycles. The van der Waals surface area contributed by atoms with Gasteiger partial charge in [-0.3, -0.25) is 0 Å². The largest absolute Gasteiger partial charge is 0.448 e. The number of halogens is 1. The van der Waals surface area contributed by atoms with E-state index >= 15 is 0 Å². The van der Waals surface area contributed by atoms with Crippen molar-refractivity contribution in [1.82, 2.24) is 0 Å². The third-order valence-corrected chi connectivity index (χ3v) is 2.68. The monoisotopic (exact) mass is 247 g/mol. The van der Waals surface area contributed by atoms with Crippen molar-refractivity contribution in [3.05, 3.63) is 35.0 Å². The van der Waals surface area contributed by atoms with Crippen molar-refractivity contribution in [3.63, 3.8) is 0 Å². The maximum Gasteiger partial charge on any atom is 0.178 e. The Morgan fingerprint density at radius 1 is 1.24 bits per heavy atom. The molecule has 0 amide bonds. The molecule has 2 rings (SSSR count). The van der Waals surface area contributed by atoms with Gasteiger partial charge < -0.3 is 10.2 Å². The van der Waals surface area contributed by atoms with Gasteiger partial charge >= 0.3 is 0 Å². The van der Waals surface area contributed by atoms with E-state index < -0.39 is 0 Å². The molecule has 0 fully saturated rings. The summed E-state index contributed by atoms with van der Waals surface area (Å²) in [5, 5.41) is 1.70. The molecule has 0 radical (unpaired) electrons. The Morgan fingerprint density at radius 3 is 2.94 bits per heavy atom. The number of rotatable bonds is 3. The number of hydrogen-bond acceptors (Lipinski definition) is 2. The highest BCUT2D eigenvalue weighted by Crippen LogP contribution is 2.22. The quantitative estimate of drug-likeness (QED) is 0.665. The lowest BCUT2D eigenvalue weighted by molar-refractivity contribution is 0.601. The summed E-state index contributed by atoms with van der Waals surface area (Å²) in [4.78, 5) is 0. The van der Waals surface area contributed by atoms with Crippen molar-refractivity contribution >= 4 is 22.6 Å². The second-order valence-corrected chi connectivity index (χ2v) is 4.28. The molecule has 0 bridgehead atoms. The molecule has 0 atom stereocenters. The maximum atomic E-state index is 5.90. The predicted octanol–water partition coefficient (Wildman–Crippen LogP) is 3.57. The molecule has 88 valence electrons. The Bertz CT molecular complexity index is 562. The molecule has 2 nitrogen and oxygen atoms in total. The average molecular weight is 248 g/mol. The SMILES string of the molecule is NCCCCC#Cc1cc2cc(Cl)ccc2o1. The fourth-order valence-corrected chi connectivity index (χ4v) is 1.76. The average Bonchev–Trinajstić information content (AvgIpc) is 2.70. The highest BCUT2D eigenvalue weighted by atomic mass is 35.5. The van der Waals surface area contributed by atoms with Crippen molar-refractivity contribution < 1.29 is 4.42 Å². The zero-order valence-electron chi connectivity index (χ0n) is 9.50. The van der Waals surface area contributed by atoms with Crippen molar-refractivity contribution in [1.29, 1.82) is 0 Å². The standard InChI is InChI=1S/C14H14ClNO/c15-12-6-7-14-11(9-12)10-13(17-14)5-3-1-2-4-8-16/h6-7,9-10H,1-2,4,8,16H2. The van der Waals surface area contributed by atoms with Crippen molar-refractivity contribution in [2.45, 2.75) is 19.3 Å². The fourth-order valence-electron chi connectivity index (χ4n) is 1.58. The molecule has 0 saturated heterocycles. The van der Waals surface area contributed by atoms with Crippen LogP contribution in [0.5, 0.6) is 0 Å². The lowest BCUT2D eigenvalue weighted by Crippen LogP contribution is -1.96. The minimum absolute atomic E-state index is 0.690. The molecule has 0 spiro atoms. The molecule has 2 aromatic rings. The molecule has 0 aliphatic carbocycles. The molecular formula is C14H14ClNO. The number of furan rings is 1. The Balaban J connectivity index is 2.08. The number of hydrogen-bond donors (Lipinski definition) is 1. The third kappa shape index (κ3) is 3.26. The van der Waals surface area contributed by atoms with E-state index in [1.54, 1.807) is 0 Å². The molecule has 0 aliphatic rings. The first kappa shape index (κ1) is 12.0. The molecule has 0 unspecified atom stereocenters. The highest BCUT2D eigenvalue weighted by molar-refractivity contribution is 6.31. The van der Waals surface area contributed by atoms with Crippen LogP contribution in [-0.2, 0) is 0 Å². The van der Waals surface area contributed by atoms with Gasteiger partial charge in [-0.15, -0.1) is 0 Å². The van der Waals surface area contributed by atoms with Gasteiger partial charge in [-0.1, -0.05) is 17.5 Å². The second kappa shape index (κ2) is 5.77. The lowest BCUT2D eigenvalue weighted by atomic mass is 10.2. The Labute approximate surface area is 106 Å². The van der Waals surface area contributed by atoms with Crippen LogP contribution >= 0.6 is 11.6 Å². The highest BCUT2D eigenvalue weighted by Gasteiger charge is 2.01. The summed E-state index contributed by atoms with van der Waals surface area (Å²) >= 11 is 5.90. The van der Waals surface area contributed by atoms with Gasteiger partial charge in [0, 0.05) is 22.9 Å². The third-order valence-electron chi connectivity index (χ3n) is 2.45. The zero-order chi connectivity index (χ0) is 12.1. The Morgan fingerprint density at radius 2 is 2.12 bits per heavy atom. The summed E-state index contributed by atoms with van der Waals surface area (Å²) in [6.07, 6.45) is 2.91. The number of nitrogens with two attached hydrogens (primary N) is 1. The van der Waals surface area contributed by atoms with Gasteiger partial charge in [0.15, 0.2) is 5.76 Å². The lowest BCUT2D eigenvalue weighted by Gasteiger charge is -1.88. The minimum Gasteiger partial charge on any atom is -0.448 e. The molecule has 2 N–H and O–H groups in total. The van der Waals surface area contributed by atoms with Gasteiger partial charge in [-0.2, -0.15) is 0 Å². The Kier molecular flexibility index (Phi) is 4.08. The van der Waals surface area contributed by atoms with E-state index in [1.807, 2.05) is 24.3 Å². The van der Waals surface area contributed by atoms with Crippen LogP contribution in [0.15, 0.2) is 28.7 Å². The van der Waals surface area contributed by atoms with Crippen LogP contribution in [0.2, 0.25) is 5.02 Å². The molecule has 1 heterocycles. The van der Waals surface area contributed by atoms with Gasteiger partial charge in [0.25, 0.3) is 0 Å². The summed E-state index contributed by atoms with van der Waals surface area (Å²) in [5.41, 5.74) is 6.23. The summed E-state index contributed by atoms with van der Waals surface area (Å²) in [7, 11) is 0. The van der Waals surface area contributed by atoms with Crippen LogP contribution in [0.25, 0.3) is 11.0 Å². The zero-order valence-corrected chi connectivity index (χ0v) is 10.3. The van der Waals surface area contributed by atoms with Crippen LogP contribution in [0.1, 0.15) is 25.0 Å². The maximum absolute atomic E-state index is 5.90. The van der Waals surface area contributed by atoms with Gasteiger partial charge in [0.2, 0.25) is 0 Å². The minimum atomic E-state index is 0.690. The summed E-state index contributed by atoms with van der Waals surface area (Å²) in [6.45, 7) is 0.727. The van der Waals surface area contributed by atoms with E-state index in [9.17, 15) is 0 Å².